The molecular weight excluding hydrogens is 361 g/mol. The van der Waals surface area contributed by atoms with E-state index in [1.165, 1.54) is 35.0 Å². The van der Waals surface area contributed by atoms with Gasteiger partial charge in [-0.05, 0) is 61.0 Å². The summed E-state index contributed by atoms with van der Waals surface area (Å²) in [7, 11) is 1.60. The van der Waals surface area contributed by atoms with Gasteiger partial charge in [-0.1, -0.05) is 0 Å². The van der Waals surface area contributed by atoms with Gasteiger partial charge in [-0.15, -0.1) is 0 Å². The normalized spacial score (nSPS) is 10.5. The second-order valence-electron chi connectivity index (χ2n) is 6.17. The number of ether oxygens (including phenoxy) is 1. The lowest BCUT2D eigenvalue weighted by Crippen LogP contribution is -2.23. The lowest BCUT2D eigenvalue weighted by molar-refractivity contribution is -0.116. The van der Waals surface area contributed by atoms with Gasteiger partial charge < -0.3 is 10.1 Å². The number of methoxy groups -OCH3 is 1. The van der Waals surface area contributed by atoms with Gasteiger partial charge in [0.15, 0.2) is 0 Å². The van der Waals surface area contributed by atoms with Gasteiger partial charge >= 0.3 is 0 Å². The van der Waals surface area contributed by atoms with Crippen molar-refractivity contribution in [1.82, 2.24) is 9.78 Å². The maximum Gasteiger partial charge on any atom is 0.266 e. The Kier molecular flexibility index (Phi) is 6.16. The van der Waals surface area contributed by atoms with Crippen LogP contribution in [0.25, 0.3) is 11.3 Å². The highest BCUT2D eigenvalue weighted by Gasteiger charge is 2.06. The van der Waals surface area contributed by atoms with E-state index in [0.717, 1.165) is 11.3 Å². The highest BCUT2D eigenvalue weighted by Crippen LogP contribution is 2.19. The first-order valence-corrected chi connectivity index (χ1v) is 8.83. The zero-order valence-corrected chi connectivity index (χ0v) is 15.4. The first-order chi connectivity index (χ1) is 13.5. The van der Waals surface area contributed by atoms with Crippen LogP contribution in [0.4, 0.5) is 10.1 Å². The van der Waals surface area contributed by atoms with Crippen LogP contribution < -0.4 is 15.6 Å². The molecule has 0 aliphatic rings. The van der Waals surface area contributed by atoms with Crippen molar-refractivity contribution in [1.29, 1.82) is 0 Å². The highest BCUT2D eigenvalue weighted by molar-refractivity contribution is 5.90. The summed E-state index contributed by atoms with van der Waals surface area (Å²) in [5.74, 6) is 0.176. The van der Waals surface area contributed by atoms with E-state index in [9.17, 15) is 14.0 Å². The van der Waals surface area contributed by atoms with Crippen LogP contribution in [-0.2, 0) is 11.3 Å². The number of carbonyl (C=O) groups excluding carboxylic acids is 1. The molecule has 0 bridgehead atoms. The molecule has 0 saturated carbocycles. The van der Waals surface area contributed by atoms with E-state index in [-0.39, 0.29) is 23.7 Å². The molecule has 0 radical (unpaired) electrons. The van der Waals surface area contributed by atoms with E-state index in [2.05, 4.69) is 10.4 Å². The molecular formula is C21H20FN3O3. The zero-order valence-electron chi connectivity index (χ0n) is 15.4. The molecule has 1 amide bonds. The molecule has 144 valence electrons. The van der Waals surface area contributed by atoms with Gasteiger partial charge in [0, 0.05) is 30.3 Å². The van der Waals surface area contributed by atoms with Crippen LogP contribution >= 0.6 is 0 Å². The first kappa shape index (κ1) is 19.3. The second kappa shape index (κ2) is 8.94. The van der Waals surface area contributed by atoms with Crippen molar-refractivity contribution >= 4 is 11.6 Å². The Hall–Kier alpha value is -3.48. The smallest absolute Gasteiger partial charge is 0.266 e. The van der Waals surface area contributed by atoms with Gasteiger partial charge in [0.2, 0.25) is 5.91 Å². The average molecular weight is 381 g/mol. The zero-order chi connectivity index (χ0) is 19.9. The monoisotopic (exact) mass is 381 g/mol. The molecule has 2 aromatic carbocycles. The number of rotatable bonds is 7. The summed E-state index contributed by atoms with van der Waals surface area (Å²) >= 11 is 0. The third-order valence-corrected chi connectivity index (χ3v) is 4.15. The summed E-state index contributed by atoms with van der Waals surface area (Å²) in [4.78, 5) is 24.0. The van der Waals surface area contributed by atoms with Gasteiger partial charge in [0.1, 0.15) is 11.6 Å². The van der Waals surface area contributed by atoms with E-state index in [1.54, 1.807) is 13.2 Å². The van der Waals surface area contributed by atoms with Crippen LogP contribution in [0, 0.1) is 5.82 Å². The van der Waals surface area contributed by atoms with Gasteiger partial charge in [0.05, 0.1) is 12.8 Å². The topological polar surface area (TPSA) is 73.2 Å². The molecule has 0 saturated heterocycles. The standard InChI is InChI=1S/C21H20FN3O3/c1-28-18-10-4-15(5-11-18)19-12-13-21(27)25(24-19)14-2-3-20(26)23-17-8-6-16(22)7-9-17/h4-13H,2-3,14H2,1H3,(H,23,26). The van der Waals surface area contributed by atoms with Crippen molar-refractivity contribution in [2.24, 2.45) is 0 Å². The van der Waals surface area contributed by atoms with E-state index in [4.69, 9.17) is 4.74 Å². The molecule has 3 aromatic rings. The number of benzene rings is 2. The van der Waals surface area contributed by atoms with E-state index in [1.807, 2.05) is 24.3 Å². The van der Waals surface area contributed by atoms with Crippen LogP contribution in [0.3, 0.4) is 0 Å². The SMILES string of the molecule is COc1ccc(-c2ccc(=O)n(CCCC(=O)Nc3ccc(F)cc3)n2)cc1. The summed E-state index contributed by atoms with van der Waals surface area (Å²) in [5, 5.41) is 7.07. The predicted molar refractivity (Wildman–Crippen MR) is 105 cm³/mol. The lowest BCUT2D eigenvalue weighted by atomic mass is 10.1. The average Bonchev–Trinajstić information content (AvgIpc) is 2.71. The third kappa shape index (κ3) is 5.03. The number of halogens is 1. The van der Waals surface area contributed by atoms with Crippen molar-refractivity contribution in [3.8, 4) is 17.0 Å². The molecule has 6 nitrogen and oxygen atoms in total. The van der Waals surface area contributed by atoms with Gasteiger partial charge in [-0.2, -0.15) is 5.10 Å². The van der Waals surface area contributed by atoms with Crippen molar-refractivity contribution in [2.75, 3.05) is 12.4 Å². The van der Waals surface area contributed by atoms with E-state index in [0.29, 0.717) is 24.3 Å². The molecule has 28 heavy (non-hydrogen) atoms. The Morgan fingerprint density at radius 2 is 1.79 bits per heavy atom. The highest BCUT2D eigenvalue weighted by atomic mass is 19.1. The van der Waals surface area contributed by atoms with Gasteiger partial charge in [-0.25, -0.2) is 9.07 Å². The lowest BCUT2D eigenvalue weighted by Gasteiger charge is -2.08. The van der Waals surface area contributed by atoms with E-state index >= 15 is 0 Å². The largest absolute Gasteiger partial charge is 0.497 e. The van der Waals surface area contributed by atoms with Crippen molar-refractivity contribution in [3.63, 3.8) is 0 Å². The van der Waals surface area contributed by atoms with Gasteiger partial charge in [0.25, 0.3) is 5.56 Å². The van der Waals surface area contributed by atoms with Crippen LogP contribution in [0.2, 0.25) is 0 Å². The molecule has 1 aromatic heterocycles. The van der Waals surface area contributed by atoms with Crippen LogP contribution in [0.5, 0.6) is 5.75 Å². The molecule has 0 aliphatic carbocycles. The molecule has 3 rings (SSSR count). The van der Waals surface area contributed by atoms with Crippen molar-refractivity contribution in [3.05, 3.63) is 76.8 Å². The second-order valence-corrected chi connectivity index (χ2v) is 6.17. The van der Waals surface area contributed by atoms with Crippen molar-refractivity contribution < 1.29 is 13.9 Å². The summed E-state index contributed by atoms with van der Waals surface area (Å²) in [6.07, 6.45) is 0.671. The summed E-state index contributed by atoms with van der Waals surface area (Å²) in [6.45, 7) is 0.319. The molecule has 7 heteroatoms. The van der Waals surface area contributed by atoms with E-state index < -0.39 is 0 Å². The Balaban J connectivity index is 1.59. The number of carbonyl (C=O) groups is 1. The number of hydrogen-bond donors (Lipinski definition) is 1. The molecule has 0 spiro atoms. The maximum atomic E-state index is 12.9. The fourth-order valence-electron chi connectivity index (χ4n) is 2.67. The minimum atomic E-state index is -0.361. The summed E-state index contributed by atoms with van der Waals surface area (Å²) in [5.41, 5.74) is 1.83. The molecule has 0 fully saturated rings. The minimum Gasteiger partial charge on any atom is -0.497 e. The Morgan fingerprint density at radius 3 is 2.46 bits per heavy atom. The fraction of sp³-hybridized carbons (Fsp3) is 0.190. The Morgan fingerprint density at radius 1 is 1.07 bits per heavy atom. The number of aryl methyl sites for hydroxylation is 1. The predicted octanol–water partition coefficient (Wildman–Crippen LogP) is 3.48. The Labute approximate surface area is 161 Å². The number of hydrogen-bond acceptors (Lipinski definition) is 4. The number of aromatic nitrogens is 2. The first-order valence-electron chi connectivity index (χ1n) is 8.83. The fourth-order valence-corrected chi connectivity index (χ4v) is 2.67. The van der Waals surface area contributed by atoms with Gasteiger partial charge in [-0.3, -0.25) is 9.59 Å². The molecule has 1 heterocycles. The van der Waals surface area contributed by atoms with Crippen molar-refractivity contribution in [2.45, 2.75) is 19.4 Å². The quantitative estimate of drug-likeness (QED) is 0.680. The number of anilines is 1. The number of nitrogens with zero attached hydrogens (tertiary/aromatic N) is 2. The molecule has 0 unspecified atom stereocenters. The third-order valence-electron chi connectivity index (χ3n) is 4.15. The minimum absolute atomic E-state index is 0.203. The summed E-state index contributed by atoms with van der Waals surface area (Å²) < 4.78 is 19.4. The molecule has 0 aliphatic heterocycles. The van der Waals surface area contributed by atoms with Crippen LogP contribution in [0.1, 0.15) is 12.8 Å². The van der Waals surface area contributed by atoms with Crippen LogP contribution in [0.15, 0.2) is 65.5 Å². The Bertz CT molecular complexity index is 999. The summed E-state index contributed by atoms with van der Waals surface area (Å²) in [6, 6.07) is 16.1. The number of nitrogens with one attached hydrogen (secondary N) is 1. The van der Waals surface area contributed by atoms with Crippen LogP contribution in [-0.4, -0.2) is 22.8 Å². The maximum absolute atomic E-state index is 12.9. The molecule has 0 atom stereocenters. The molecule has 1 N–H and O–H groups in total. The number of amides is 1.